The van der Waals surface area contributed by atoms with Crippen LogP contribution in [-0.4, -0.2) is 74.1 Å². The number of nitrogens with one attached hydrogen (secondary N) is 1. The van der Waals surface area contributed by atoms with Crippen molar-refractivity contribution in [2.24, 2.45) is 5.92 Å². The van der Waals surface area contributed by atoms with Crippen LogP contribution in [0.15, 0.2) is 46.9 Å². The van der Waals surface area contributed by atoms with Crippen molar-refractivity contribution in [3.05, 3.63) is 59.5 Å². The van der Waals surface area contributed by atoms with Crippen LogP contribution in [0.3, 0.4) is 0 Å². The Labute approximate surface area is 229 Å². The summed E-state index contributed by atoms with van der Waals surface area (Å²) in [5, 5.41) is 15.2. The maximum absolute atomic E-state index is 14.2. The lowest BCUT2D eigenvalue weighted by molar-refractivity contribution is -0.153. The molecular weight excluding hydrogens is 498 g/mol. The Kier molecular flexibility index (Phi) is 8.82. The summed E-state index contributed by atoms with van der Waals surface area (Å²) < 4.78 is 22.3. The maximum atomic E-state index is 14.2. The summed E-state index contributed by atoms with van der Waals surface area (Å²) in [7, 11) is 3.36. The number of ether oxygens (including phenoxy) is 3. The highest BCUT2D eigenvalue weighted by Crippen LogP contribution is 2.40. The second-order valence-corrected chi connectivity index (χ2v) is 10.5. The Morgan fingerprint density at radius 1 is 1.13 bits per heavy atom. The fourth-order valence-corrected chi connectivity index (χ4v) is 5.35. The number of rotatable bonds is 13. The Balaban J connectivity index is 1.40. The first-order chi connectivity index (χ1) is 19.0. The molecule has 9 heteroatoms. The lowest BCUT2D eigenvalue weighted by Crippen LogP contribution is -2.55. The number of aryl methyl sites for hydroxylation is 1. The first kappa shape index (κ1) is 27.6. The van der Waals surface area contributed by atoms with E-state index in [0.717, 1.165) is 42.6 Å². The van der Waals surface area contributed by atoms with Crippen LogP contribution in [0.1, 0.15) is 42.7 Å². The minimum Gasteiger partial charge on any atom is -0.491 e. The third-order valence-electron chi connectivity index (χ3n) is 7.59. The fourth-order valence-electron chi connectivity index (χ4n) is 5.35. The first-order valence-corrected chi connectivity index (χ1v) is 13.8. The zero-order valence-corrected chi connectivity index (χ0v) is 22.9. The molecule has 0 radical (unpaired) electrons. The third-order valence-corrected chi connectivity index (χ3v) is 7.59. The quantitative estimate of drug-likeness (QED) is 0.320. The smallest absolute Gasteiger partial charge is 0.230 e. The second kappa shape index (κ2) is 12.5. The largest absolute Gasteiger partial charge is 0.491 e. The van der Waals surface area contributed by atoms with Gasteiger partial charge in [0.05, 0.1) is 12.5 Å². The monoisotopic (exact) mass is 537 g/mol. The molecule has 2 heterocycles. The van der Waals surface area contributed by atoms with E-state index >= 15 is 0 Å². The number of hydrogen-bond donors (Lipinski definition) is 2. The molecule has 1 amide bonds. The van der Waals surface area contributed by atoms with Gasteiger partial charge in [-0.05, 0) is 74.0 Å². The summed E-state index contributed by atoms with van der Waals surface area (Å²) in [6.45, 7) is 3.02. The Hall–Kier alpha value is -2.98. The average molecular weight is 538 g/mol. The number of fused-ring (bicyclic) bond motifs is 1. The summed E-state index contributed by atoms with van der Waals surface area (Å²) in [4.78, 5) is 20.7. The Morgan fingerprint density at radius 2 is 1.92 bits per heavy atom. The number of benzene rings is 2. The number of carbonyl (C=O) groups is 1. The SMILES string of the molecule is COCCCc1cc(CN(C(=O)[C@H]2CNCC[C@]2(O)c2nc3ccccc3o2)C2CC2)cc(OCCOC)c1. The highest BCUT2D eigenvalue weighted by molar-refractivity contribution is 5.81. The molecular formula is C30H39N3O6. The van der Waals surface area contributed by atoms with Crippen LogP contribution in [0.2, 0.25) is 0 Å². The number of methoxy groups -OCH3 is 2. The number of aromatic nitrogens is 1. The summed E-state index contributed by atoms with van der Waals surface area (Å²) in [6.07, 6.45) is 4.01. The molecule has 1 aromatic heterocycles. The van der Waals surface area contributed by atoms with E-state index in [-0.39, 0.29) is 17.8 Å². The fraction of sp³-hybridized carbons (Fsp3) is 0.533. The molecule has 0 bridgehead atoms. The van der Waals surface area contributed by atoms with Gasteiger partial charge in [0.15, 0.2) is 11.2 Å². The zero-order chi connectivity index (χ0) is 27.2. The minimum atomic E-state index is -1.48. The molecule has 2 fully saturated rings. The molecule has 1 aliphatic carbocycles. The van der Waals surface area contributed by atoms with Gasteiger partial charge in [-0.2, -0.15) is 0 Å². The van der Waals surface area contributed by atoms with Gasteiger partial charge >= 0.3 is 0 Å². The van der Waals surface area contributed by atoms with Crippen LogP contribution in [0.4, 0.5) is 0 Å². The van der Waals surface area contributed by atoms with E-state index in [1.54, 1.807) is 14.2 Å². The van der Waals surface area contributed by atoms with Crippen LogP contribution in [0.5, 0.6) is 5.75 Å². The van der Waals surface area contributed by atoms with Crippen molar-refractivity contribution in [2.75, 3.05) is 47.1 Å². The van der Waals surface area contributed by atoms with Gasteiger partial charge < -0.3 is 34.0 Å². The average Bonchev–Trinajstić information content (AvgIpc) is 3.68. The maximum Gasteiger partial charge on any atom is 0.230 e. The van der Waals surface area contributed by atoms with Crippen molar-refractivity contribution in [1.29, 1.82) is 0 Å². The summed E-state index contributed by atoms with van der Waals surface area (Å²) in [5.41, 5.74) is 1.95. The van der Waals surface area contributed by atoms with Gasteiger partial charge in [-0.25, -0.2) is 4.98 Å². The molecule has 2 aromatic carbocycles. The van der Waals surface area contributed by atoms with E-state index in [4.69, 9.17) is 18.6 Å². The van der Waals surface area contributed by atoms with Crippen molar-refractivity contribution in [1.82, 2.24) is 15.2 Å². The molecule has 2 aliphatic rings. The normalized spacial score (nSPS) is 21.3. The molecule has 1 saturated carbocycles. The minimum absolute atomic E-state index is 0.0823. The highest BCUT2D eigenvalue weighted by Gasteiger charge is 2.51. The van der Waals surface area contributed by atoms with Crippen LogP contribution in [0, 0.1) is 5.92 Å². The van der Waals surface area contributed by atoms with Crippen LogP contribution in [0.25, 0.3) is 11.1 Å². The number of carbonyl (C=O) groups excluding carboxylic acids is 1. The van der Waals surface area contributed by atoms with Crippen molar-refractivity contribution < 1.29 is 28.5 Å². The molecule has 1 saturated heterocycles. The van der Waals surface area contributed by atoms with E-state index in [9.17, 15) is 9.90 Å². The van der Waals surface area contributed by atoms with Gasteiger partial charge in [-0.1, -0.05) is 18.2 Å². The van der Waals surface area contributed by atoms with Crippen molar-refractivity contribution >= 4 is 17.0 Å². The second-order valence-electron chi connectivity index (χ2n) is 10.5. The van der Waals surface area contributed by atoms with Gasteiger partial charge in [-0.15, -0.1) is 0 Å². The molecule has 0 spiro atoms. The van der Waals surface area contributed by atoms with Gasteiger partial charge in [0.2, 0.25) is 11.8 Å². The lowest BCUT2D eigenvalue weighted by Gasteiger charge is -2.39. The van der Waals surface area contributed by atoms with Gasteiger partial charge in [0, 0.05) is 40.0 Å². The number of para-hydroxylation sites is 2. The molecule has 0 unspecified atom stereocenters. The van der Waals surface area contributed by atoms with E-state index < -0.39 is 11.5 Å². The Morgan fingerprint density at radius 3 is 2.69 bits per heavy atom. The van der Waals surface area contributed by atoms with Gasteiger partial charge in [-0.3, -0.25) is 4.79 Å². The number of nitrogens with zero attached hydrogens (tertiary/aromatic N) is 2. The van der Waals surface area contributed by atoms with Crippen LogP contribution in [-0.2, 0) is 32.8 Å². The number of piperidine rings is 1. The van der Waals surface area contributed by atoms with E-state index in [1.165, 1.54) is 0 Å². The van der Waals surface area contributed by atoms with Crippen molar-refractivity contribution in [3.8, 4) is 5.75 Å². The van der Waals surface area contributed by atoms with Crippen molar-refractivity contribution in [2.45, 2.75) is 50.3 Å². The molecule has 1 aliphatic heterocycles. The number of oxazole rings is 1. The van der Waals surface area contributed by atoms with E-state index in [0.29, 0.717) is 57.0 Å². The van der Waals surface area contributed by atoms with Crippen LogP contribution < -0.4 is 10.1 Å². The molecule has 39 heavy (non-hydrogen) atoms. The molecule has 210 valence electrons. The zero-order valence-electron chi connectivity index (χ0n) is 22.9. The predicted octanol–water partition coefficient (Wildman–Crippen LogP) is 3.42. The highest BCUT2D eigenvalue weighted by atomic mass is 16.5. The number of amides is 1. The topological polar surface area (TPSA) is 106 Å². The summed E-state index contributed by atoms with van der Waals surface area (Å²) in [6, 6.07) is 13.8. The number of aliphatic hydroxyl groups is 1. The Bertz CT molecular complexity index is 1200. The van der Waals surface area contributed by atoms with Gasteiger partial charge in [0.25, 0.3) is 0 Å². The van der Waals surface area contributed by atoms with Crippen molar-refractivity contribution in [3.63, 3.8) is 0 Å². The molecule has 3 aromatic rings. The van der Waals surface area contributed by atoms with Crippen LogP contribution >= 0.6 is 0 Å². The van der Waals surface area contributed by atoms with E-state index in [1.807, 2.05) is 35.2 Å². The van der Waals surface area contributed by atoms with Gasteiger partial charge in [0.1, 0.15) is 17.9 Å². The molecule has 5 rings (SSSR count). The van der Waals surface area contributed by atoms with E-state index in [2.05, 4.69) is 22.4 Å². The summed E-state index contributed by atoms with van der Waals surface area (Å²) >= 11 is 0. The third kappa shape index (κ3) is 6.44. The lowest BCUT2D eigenvalue weighted by atomic mass is 9.80. The molecule has 9 nitrogen and oxygen atoms in total. The first-order valence-electron chi connectivity index (χ1n) is 13.8. The summed E-state index contributed by atoms with van der Waals surface area (Å²) in [5.74, 6) is 0.194. The number of hydrogen-bond acceptors (Lipinski definition) is 8. The molecule has 2 N–H and O–H groups in total. The standard InChI is InChI=1S/C30H39N3O6/c1-36-13-5-6-21-16-22(18-24(17-21)38-15-14-37-2)20-33(23-9-10-23)28(34)25-19-31-12-11-30(25,35)29-32-26-7-3-4-8-27(26)39-29/h3-4,7-8,16-18,23,25,31,35H,5-6,9-15,19-20H2,1-2H3/t25-,30-/m1/s1. The predicted molar refractivity (Wildman–Crippen MR) is 146 cm³/mol. The molecule has 2 atom stereocenters.